The zero-order valence-electron chi connectivity index (χ0n) is 20.5. The molecule has 0 radical (unpaired) electrons. The van der Waals surface area contributed by atoms with E-state index >= 15 is 4.39 Å². The molecule has 0 unspecified atom stereocenters. The fraction of sp³-hybridized carbons (Fsp3) is 0.577. The van der Waals surface area contributed by atoms with E-state index in [0.717, 1.165) is 79.8 Å². The number of aromatic nitrogens is 3. The number of hydrogen-bond acceptors (Lipinski definition) is 7. The Kier molecular flexibility index (Phi) is 6.53. The third-order valence-electron chi connectivity index (χ3n) is 7.33. The number of rotatable bonds is 5. The maximum atomic E-state index is 15.2. The lowest BCUT2D eigenvalue weighted by molar-refractivity contribution is 0.0733. The molecule has 2 aromatic heterocycles. The van der Waals surface area contributed by atoms with Gasteiger partial charge in [-0.3, -0.25) is 0 Å². The van der Waals surface area contributed by atoms with Crippen LogP contribution in [0.4, 0.5) is 10.2 Å². The van der Waals surface area contributed by atoms with Gasteiger partial charge in [-0.25, -0.2) is 9.37 Å². The second kappa shape index (κ2) is 9.58. The highest BCUT2D eigenvalue weighted by molar-refractivity contribution is 5.93. The lowest BCUT2D eigenvalue weighted by atomic mass is 9.94. The summed E-state index contributed by atoms with van der Waals surface area (Å²) in [6.45, 7) is 10.6. The molecule has 8 heteroatoms. The largest absolute Gasteiger partial charge is 0.381 e. The number of anilines is 1. The zero-order valence-corrected chi connectivity index (χ0v) is 20.5. The fourth-order valence-electron chi connectivity index (χ4n) is 5.42. The first-order valence-corrected chi connectivity index (χ1v) is 12.5. The number of nitrogens with one attached hydrogen (secondary N) is 1. The van der Waals surface area contributed by atoms with Crippen LogP contribution in [0.5, 0.6) is 0 Å². The summed E-state index contributed by atoms with van der Waals surface area (Å²) >= 11 is 0. The Labute approximate surface area is 200 Å². The first kappa shape index (κ1) is 23.2. The summed E-state index contributed by atoms with van der Waals surface area (Å²) in [4.78, 5) is 11.7. The molecular weight excluding hydrogens is 433 g/mol. The fourth-order valence-corrected chi connectivity index (χ4v) is 5.42. The summed E-state index contributed by atoms with van der Waals surface area (Å²) in [7, 11) is 0. The SMILES string of the molecule is CCc1cc(F)c2nc(N3CC[C@@H](NC4CCOCC4)C[C@H]3C)c(-c3nc(C)no3)c(C)c2c1. The number of benzene rings is 1. The van der Waals surface area contributed by atoms with Crippen LogP contribution < -0.4 is 10.2 Å². The van der Waals surface area contributed by atoms with E-state index in [9.17, 15) is 0 Å². The smallest absolute Gasteiger partial charge is 0.261 e. The molecule has 3 aromatic rings. The van der Waals surface area contributed by atoms with Gasteiger partial charge in [0.15, 0.2) is 5.82 Å². The van der Waals surface area contributed by atoms with Gasteiger partial charge in [-0.05, 0) is 76.1 Å². The summed E-state index contributed by atoms with van der Waals surface area (Å²) < 4.78 is 26.3. The molecular formula is C26H34FN5O2. The van der Waals surface area contributed by atoms with Crippen LogP contribution in [-0.4, -0.2) is 53.0 Å². The number of hydrogen-bond donors (Lipinski definition) is 1. The molecule has 0 bridgehead atoms. The molecule has 2 aliphatic rings. The summed E-state index contributed by atoms with van der Waals surface area (Å²) in [5.74, 6) is 1.46. The van der Waals surface area contributed by atoms with E-state index in [2.05, 4.69) is 27.3 Å². The highest BCUT2D eigenvalue weighted by Crippen LogP contribution is 2.39. The van der Waals surface area contributed by atoms with Crippen molar-refractivity contribution >= 4 is 16.7 Å². The highest BCUT2D eigenvalue weighted by atomic mass is 19.1. The van der Waals surface area contributed by atoms with Crippen LogP contribution in [0.2, 0.25) is 0 Å². The first-order chi connectivity index (χ1) is 16.4. The monoisotopic (exact) mass is 467 g/mol. The molecule has 0 amide bonds. The Bertz CT molecular complexity index is 1170. The van der Waals surface area contributed by atoms with Crippen LogP contribution in [0.15, 0.2) is 16.7 Å². The van der Waals surface area contributed by atoms with Crippen LogP contribution in [-0.2, 0) is 11.2 Å². The van der Waals surface area contributed by atoms with Crippen molar-refractivity contribution in [1.29, 1.82) is 0 Å². The molecule has 2 saturated heterocycles. The van der Waals surface area contributed by atoms with Gasteiger partial charge in [-0.15, -0.1) is 0 Å². The minimum absolute atomic E-state index is 0.233. The normalized spacial score (nSPS) is 22.0. The average molecular weight is 468 g/mol. The molecule has 1 aromatic carbocycles. The molecule has 5 rings (SSSR count). The molecule has 0 saturated carbocycles. The van der Waals surface area contributed by atoms with Gasteiger partial charge in [0.05, 0.1) is 5.56 Å². The van der Waals surface area contributed by atoms with Crippen molar-refractivity contribution in [3.63, 3.8) is 0 Å². The zero-order chi connectivity index (χ0) is 23.8. The third kappa shape index (κ3) is 4.41. The summed E-state index contributed by atoms with van der Waals surface area (Å²) in [6.07, 6.45) is 4.89. The van der Waals surface area contributed by atoms with Crippen LogP contribution in [0.1, 0.15) is 56.5 Å². The maximum absolute atomic E-state index is 15.2. The number of nitrogens with zero attached hydrogens (tertiary/aromatic N) is 4. The van der Waals surface area contributed by atoms with Gasteiger partial charge in [0.1, 0.15) is 17.2 Å². The van der Waals surface area contributed by atoms with E-state index in [1.165, 1.54) is 0 Å². The summed E-state index contributed by atoms with van der Waals surface area (Å²) in [6, 6.07) is 4.84. The molecule has 7 nitrogen and oxygen atoms in total. The maximum Gasteiger partial charge on any atom is 0.261 e. The van der Waals surface area contributed by atoms with E-state index in [1.807, 2.05) is 19.9 Å². The predicted octanol–water partition coefficient (Wildman–Crippen LogP) is 4.73. The van der Waals surface area contributed by atoms with Crippen molar-refractivity contribution in [2.75, 3.05) is 24.7 Å². The number of pyridine rings is 1. The average Bonchev–Trinajstić information content (AvgIpc) is 3.26. The third-order valence-corrected chi connectivity index (χ3v) is 7.33. The topological polar surface area (TPSA) is 76.3 Å². The van der Waals surface area contributed by atoms with Crippen molar-refractivity contribution in [3.05, 3.63) is 34.9 Å². The lowest BCUT2D eigenvalue weighted by Gasteiger charge is -2.41. The quantitative estimate of drug-likeness (QED) is 0.581. The number of piperidine rings is 1. The first-order valence-electron chi connectivity index (χ1n) is 12.5. The minimum atomic E-state index is -0.282. The van der Waals surface area contributed by atoms with Gasteiger partial charge < -0.3 is 19.5 Å². The van der Waals surface area contributed by atoms with E-state index in [4.69, 9.17) is 14.2 Å². The predicted molar refractivity (Wildman–Crippen MR) is 131 cm³/mol. The number of halogens is 1. The molecule has 4 heterocycles. The Morgan fingerprint density at radius 2 is 1.91 bits per heavy atom. The van der Waals surface area contributed by atoms with E-state index < -0.39 is 0 Å². The summed E-state index contributed by atoms with van der Waals surface area (Å²) in [5.41, 5.74) is 3.08. The lowest BCUT2D eigenvalue weighted by Crippen LogP contribution is -2.51. The van der Waals surface area contributed by atoms with Crippen LogP contribution in [0.3, 0.4) is 0 Å². The highest BCUT2D eigenvalue weighted by Gasteiger charge is 2.32. The van der Waals surface area contributed by atoms with Gasteiger partial charge in [0, 0.05) is 43.3 Å². The second-order valence-electron chi connectivity index (χ2n) is 9.73. The van der Waals surface area contributed by atoms with E-state index in [1.54, 1.807) is 13.0 Å². The molecule has 0 aliphatic carbocycles. The van der Waals surface area contributed by atoms with Crippen molar-refractivity contribution in [3.8, 4) is 11.5 Å². The van der Waals surface area contributed by atoms with Gasteiger partial charge in [-0.1, -0.05) is 12.1 Å². The molecule has 2 atom stereocenters. The van der Waals surface area contributed by atoms with Crippen molar-refractivity contribution in [2.24, 2.45) is 0 Å². The van der Waals surface area contributed by atoms with Gasteiger partial charge in [0.25, 0.3) is 5.89 Å². The number of ether oxygens (including phenoxy) is 1. The van der Waals surface area contributed by atoms with Crippen LogP contribution in [0.25, 0.3) is 22.4 Å². The Morgan fingerprint density at radius 1 is 1.12 bits per heavy atom. The Hall–Kier alpha value is -2.58. The second-order valence-corrected chi connectivity index (χ2v) is 9.73. The number of aryl methyl sites for hydroxylation is 3. The van der Waals surface area contributed by atoms with Crippen molar-refractivity contribution < 1.29 is 13.7 Å². The molecule has 2 fully saturated rings. The molecule has 1 N–H and O–H groups in total. The van der Waals surface area contributed by atoms with Crippen molar-refractivity contribution in [2.45, 2.75) is 77.9 Å². The van der Waals surface area contributed by atoms with Crippen molar-refractivity contribution in [1.82, 2.24) is 20.4 Å². The Balaban J connectivity index is 1.52. The van der Waals surface area contributed by atoms with Gasteiger partial charge in [-0.2, -0.15) is 4.98 Å². The van der Waals surface area contributed by atoms with Crippen LogP contribution >= 0.6 is 0 Å². The van der Waals surface area contributed by atoms with Gasteiger partial charge in [0.2, 0.25) is 0 Å². The van der Waals surface area contributed by atoms with E-state index in [0.29, 0.717) is 29.3 Å². The standard InChI is InChI=1S/C26H34FN5O2/c1-5-18-13-21-16(3)23(26-28-17(4)31-34-26)25(30-24(21)22(27)14-18)32-9-6-20(12-15(32)2)29-19-7-10-33-11-8-19/h13-15,19-20,29H,5-12H2,1-4H3/t15-,20-/m1/s1. The Morgan fingerprint density at radius 3 is 2.59 bits per heavy atom. The van der Waals surface area contributed by atoms with Gasteiger partial charge >= 0.3 is 0 Å². The molecule has 0 spiro atoms. The van der Waals surface area contributed by atoms with E-state index in [-0.39, 0.29) is 11.9 Å². The minimum Gasteiger partial charge on any atom is -0.381 e. The molecule has 182 valence electrons. The van der Waals surface area contributed by atoms with Crippen LogP contribution in [0, 0.1) is 19.7 Å². The summed E-state index contributed by atoms with van der Waals surface area (Å²) in [5, 5.41) is 8.67. The number of fused-ring (bicyclic) bond motifs is 1. The molecule has 2 aliphatic heterocycles. The molecule has 34 heavy (non-hydrogen) atoms.